The lowest BCUT2D eigenvalue weighted by Crippen LogP contribution is -2.00. The van der Waals surface area contributed by atoms with Gasteiger partial charge in [-0.05, 0) is 19.1 Å². The van der Waals surface area contributed by atoms with E-state index in [1.54, 1.807) is 31.4 Å². The van der Waals surface area contributed by atoms with Gasteiger partial charge >= 0.3 is 0 Å². The van der Waals surface area contributed by atoms with Crippen LogP contribution < -0.4 is 4.74 Å². The Morgan fingerprint density at radius 3 is 2.85 bits per heavy atom. The molecule has 0 heterocycles. The van der Waals surface area contributed by atoms with Gasteiger partial charge in [-0.15, -0.1) is 0 Å². The zero-order valence-electron chi connectivity index (χ0n) is 7.74. The van der Waals surface area contributed by atoms with Crippen LogP contribution in [0.4, 0.5) is 0 Å². The molecular weight excluding hydrogens is 168 g/mol. The summed E-state index contributed by atoms with van der Waals surface area (Å²) >= 11 is 0. The molecule has 0 amide bonds. The number of carbonyl (C=O) groups is 1. The fourth-order valence-electron chi connectivity index (χ4n) is 0.932. The Morgan fingerprint density at radius 1 is 1.46 bits per heavy atom. The minimum absolute atomic E-state index is 0.0304. The van der Waals surface area contributed by atoms with E-state index in [0.29, 0.717) is 11.3 Å². The van der Waals surface area contributed by atoms with E-state index in [1.165, 1.54) is 6.92 Å². The zero-order valence-corrected chi connectivity index (χ0v) is 7.74. The fourth-order valence-corrected chi connectivity index (χ4v) is 0.932. The van der Waals surface area contributed by atoms with Crippen LogP contribution in [-0.4, -0.2) is 19.7 Å². The smallest absolute Gasteiger partial charge is 0.188 e. The predicted molar refractivity (Wildman–Crippen MR) is 49.0 cm³/mol. The van der Waals surface area contributed by atoms with Crippen molar-refractivity contribution < 1.29 is 14.3 Å². The van der Waals surface area contributed by atoms with Crippen molar-refractivity contribution in [1.82, 2.24) is 0 Å². The van der Waals surface area contributed by atoms with Gasteiger partial charge in [0.15, 0.2) is 12.6 Å². The number of ketones is 1. The number of Topliss-reactive ketones (excluding diaryl/α,β-unsaturated/α-hetero) is 1. The summed E-state index contributed by atoms with van der Waals surface area (Å²) in [6.45, 7) is 1.72. The molecule has 0 bridgehead atoms. The summed E-state index contributed by atoms with van der Waals surface area (Å²) < 4.78 is 9.91. The SMILES string of the molecule is COCOc1cccc(C(C)=O)c1. The van der Waals surface area contributed by atoms with Gasteiger partial charge in [-0.3, -0.25) is 4.79 Å². The van der Waals surface area contributed by atoms with Crippen molar-refractivity contribution in [3.05, 3.63) is 29.8 Å². The van der Waals surface area contributed by atoms with Gasteiger partial charge in [0.1, 0.15) is 5.75 Å². The molecule has 0 saturated heterocycles. The van der Waals surface area contributed by atoms with E-state index in [-0.39, 0.29) is 12.6 Å². The molecule has 0 fully saturated rings. The first-order chi connectivity index (χ1) is 6.24. The molecule has 0 atom stereocenters. The van der Waals surface area contributed by atoms with E-state index in [1.807, 2.05) is 0 Å². The summed E-state index contributed by atoms with van der Waals surface area (Å²) in [6, 6.07) is 7.01. The van der Waals surface area contributed by atoms with E-state index in [9.17, 15) is 4.79 Å². The standard InChI is InChI=1S/C10H12O3/c1-8(11)9-4-3-5-10(6-9)13-7-12-2/h3-6H,7H2,1-2H3. The Hall–Kier alpha value is -1.35. The van der Waals surface area contributed by atoms with Crippen LogP contribution in [0.1, 0.15) is 17.3 Å². The Kier molecular flexibility index (Phi) is 3.46. The van der Waals surface area contributed by atoms with Crippen LogP contribution in [0.15, 0.2) is 24.3 Å². The number of methoxy groups -OCH3 is 1. The molecule has 0 aliphatic rings. The average molecular weight is 180 g/mol. The third-order valence-corrected chi connectivity index (χ3v) is 1.58. The number of ether oxygens (including phenoxy) is 2. The number of hydrogen-bond donors (Lipinski definition) is 0. The van der Waals surface area contributed by atoms with Gasteiger partial charge < -0.3 is 9.47 Å². The predicted octanol–water partition coefficient (Wildman–Crippen LogP) is 1.87. The van der Waals surface area contributed by atoms with Crippen LogP contribution in [0.5, 0.6) is 5.75 Å². The Labute approximate surface area is 77.3 Å². The highest BCUT2D eigenvalue weighted by molar-refractivity contribution is 5.94. The Morgan fingerprint density at radius 2 is 2.23 bits per heavy atom. The first kappa shape index (κ1) is 9.74. The van der Waals surface area contributed by atoms with Gasteiger partial charge in [0, 0.05) is 12.7 Å². The summed E-state index contributed by atoms with van der Waals surface area (Å²) in [4.78, 5) is 11.0. The topological polar surface area (TPSA) is 35.5 Å². The number of hydrogen-bond acceptors (Lipinski definition) is 3. The van der Waals surface area contributed by atoms with Crippen LogP contribution in [0.3, 0.4) is 0 Å². The van der Waals surface area contributed by atoms with Gasteiger partial charge in [-0.1, -0.05) is 12.1 Å². The third kappa shape index (κ3) is 2.87. The molecule has 0 aliphatic heterocycles. The van der Waals surface area contributed by atoms with E-state index in [2.05, 4.69) is 0 Å². The normalized spacial score (nSPS) is 9.69. The molecule has 3 heteroatoms. The molecule has 0 radical (unpaired) electrons. The van der Waals surface area contributed by atoms with E-state index >= 15 is 0 Å². The molecule has 0 unspecified atom stereocenters. The molecule has 0 aromatic heterocycles. The van der Waals surface area contributed by atoms with Gasteiger partial charge in [0.05, 0.1) is 0 Å². The Balaban J connectivity index is 2.73. The number of rotatable bonds is 4. The molecule has 0 N–H and O–H groups in total. The van der Waals surface area contributed by atoms with E-state index < -0.39 is 0 Å². The van der Waals surface area contributed by atoms with Gasteiger partial charge in [0.2, 0.25) is 0 Å². The fraction of sp³-hybridized carbons (Fsp3) is 0.300. The number of benzene rings is 1. The minimum Gasteiger partial charge on any atom is -0.468 e. The largest absolute Gasteiger partial charge is 0.468 e. The lowest BCUT2D eigenvalue weighted by molar-refractivity contribution is 0.0510. The second-order valence-corrected chi connectivity index (χ2v) is 2.63. The van der Waals surface area contributed by atoms with Crippen LogP contribution in [0.2, 0.25) is 0 Å². The lowest BCUT2D eigenvalue weighted by Gasteiger charge is -2.04. The number of carbonyl (C=O) groups excluding carboxylic acids is 1. The van der Waals surface area contributed by atoms with E-state index in [4.69, 9.17) is 9.47 Å². The molecular formula is C10H12O3. The molecule has 0 spiro atoms. The second-order valence-electron chi connectivity index (χ2n) is 2.63. The minimum atomic E-state index is 0.0304. The molecule has 1 rings (SSSR count). The van der Waals surface area contributed by atoms with Crippen molar-refractivity contribution >= 4 is 5.78 Å². The van der Waals surface area contributed by atoms with E-state index in [0.717, 1.165) is 0 Å². The molecule has 1 aromatic rings. The monoisotopic (exact) mass is 180 g/mol. The zero-order chi connectivity index (χ0) is 9.68. The summed E-state index contributed by atoms with van der Waals surface area (Å²) in [5.74, 6) is 0.678. The molecule has 0 aliphatic carbocycles. The van der Waals surface area contributed by atoms with Crippen molar-refractivity contribution in [2.24, 2.45) is 0 Å². The van der Waals surface area contributed by atoms with Gasteiger partial charge in [0.25, 0.3) is 0 Å². The van der Waals surface area contributed by atoms with Crippen LogP contribution >= 0.6 is 0 Å². The highest BCUT2D eigenvalue weighted by Crippen LogP contribution is 2.13. The second kappa shape index (κ2) is 4.62. The molecule has 13 heavy (non-hydrogen) atoms. The van der Waals surface area contributed by atoms with Crippen LogP contribution in [0, 0.1) is 0 Å². The summed E-state index contributed by atoms with van der Waals surface area (Å²) in [5.41, 5.74) is 0.647. The average Bonchev–Trinajstić information content (AvgIpc) is 2.15. The molecule has 0 saturated carbocycles. The summed E-state index contributed by atoms with van der Waals surface area (Å²) in [7, 11) is 1.55. The van der Waals surface area contributed by atoms with Gasteiger partial charge in [-0.2, -0.15) is 0 Å². The summed E-state index contributed by atoms with van der Waals surface area (Å²) in [5, 5.41) is 0. The highest BCUT2D eigenvalue weighted by Gasteiger charge is 2.00. The third-order valence-electron chi connectivity index (χ3n) is 1.58. The molecule has 70 valence electrons. The maximum Gasteiger partial charge on any atom is 0.188 e. The van der Waals surface area contributed by atoms with Crippen molar-refractivity contribution in [3.8, 4) is 5.75 Å². The van der Waals surface area contributed by atoms with Crippen molar-refractivity contribution in [2.75, 3.05) is 13.9 Å². The van der Waals surface area contributed by atoms with Crippen LogP contribution in [0.25, 0.3) is 0 Å². The van der Waals surface area contributed by atoms with Gasteiger partial charge in [-0.25, -0.2) is 0 Å². The Bertz CT molecular complexity index is 294. The quantitative estimate of drug-likeness (QED) is 0.524. The van der Waals surface area contributed by atoms with Crippen molar-refractivity contribution in [2.45, 2.75) is 6.92 Å². The van der Waals surface area contributed by atoms with Crippen molar-refractivity contribution in [1.29, 1.82) is 0 Å². The lowest BCUT2D eigenvalue weighted by atomic mass is 10.1. The van der Waals surface area contributed by atoms with Crippen LogP contribution in [-0.2, 0) is 4.74 Å². The molecule has 1 aromatic carbocycles. The highest BCUT2D eigenvalue weighted by atomic mass is 16.7. The van der Waals surface area contributed by atoms with Crippen molar-refractivity contribution in [3.63, 3.8) is 0 Å². The maximum atomic E-state index is 11.0. The summed E-state index contributed by atoms with van der Waals surface area (Å²) in [6.07, 6.45) is 0. The maximum absolute atomic E-state index is 11.0. The molecule has 3 nitrogen and oxygen atoms in total. The first-order valence-electron chi connectivity index (χ1n) is 3.97. The first-order valence-corrected chi connectivity index (χ1v) is 3.97.